The number of hydrogen-bond donors (Lipinski definition) is 1. The van der Waals surface area contributed by atoms with E-state index >= 15 is 0 Å². The van der Waals surface area contributed by atoms with Gasteiger partial charge in [-0.2, -0.15) is 11.8 Å². The van der Waals surface area contributed by atoms with Crippen molar-refractivity contribution in [2.24, 2.45) is 11.8 Å². The second-order valence-electron chi connectivity index (χ2n) is 5.47. The second-order valence-corrected chi connectivity index (χ2v) is 6.46. The lowest BCUT2D eigenvalue weighted by Gasteiger charge is -2.32. The number of thioether (sulfide) groups is 1. The molecule has 1 saturated carbocycles. The fraction of sp³-hybridized carbons (Fsp3) is 1.00. The summed E-state index contributed by atoms with van der Waals surface area (Å²) >= 11 is 1.97. The number of unbranched alkanes of at least 4 members (excludes halogenated alkanes) is 2. The summed E-state index contributed by atoms with van der Waals surface area (Å²) in [6.45, 7) is 6.06. The molecule has 0 radical (unpaired) electrons. The maximum absolute atomic E-state index is 3.74. The highest BCUT2D eigenvalue weighted by Gasteiger charge is 2.23. The van der Waals surface area contributed by atoms with Crippen molar-refractivity contribution < 1.29 is 0 Å². The molecule has 1 N–H and O–H groups in total. The molecule has 0 bridgehead atoms. The summed E-state index contributed by atoms with van der Waals surface area (Å²) in [7, 11) is 0. The van der Waals surface area contributed by atoms with Crippen LogP contribution in [0.1, 0.15) is 52.4 Å². The Morgan fingerprint density at radius 2 is 1.88 bits per heavy atom. The Morgan fingerprint density at radius 3 is 2.56 bits per heavy atom. The summed E-state index contributed by atoms with van der Waals surface area (Å²) in [5.74, 6) is 3.19. The zero-order chi connectivity index (χ0) is 11.8. The second kappa shape index (κ2) is 8.41. The monoisotopic (exact) mass is 243 g/mol. The van der Waals surface area contributed by atoms with Crippen LogP contribution in [0.25, 0.3) is 0 Å². The SMILES string of the molecule is CSCCCCCNC1CCC(C)C(C)C1. The molecule has 0 aromatic rings. The first-order valence-corrected chi connectivity index (χ1v) is 8.35. The Labute approximate surface area is 106 Å². The van der Waals surface area contributed by atoms with E-state index in [1.165, 1.54) is 50.8 Å². The standard InChI is InChI=1S/C14H29NS/c1-12-7-8-14(11-13(12)2)15-9-5-4-6-10-16-3/h12-15H,4-11H2,1-3H3. The third kappa shape index (κ3) is 5.58. The van der Waals surface area contributed by atoms with Gasteiger partial charge in [-0.05, 0) is 62.5 Å². The highest BCUT2D eigenvalue weighted by Crippen LogP contribution is 2.29. The third-order valence-corrected chi connectivity index (χ3v) is 4.75. The van der Waals surface area contributed by atoms with Crippen molar-refractivity contribution in [3.63, 3.8) is 0 Å². The molecule has 0 amide bonds. The molecule has 1 rings (SSSR count). The van der Waals surface area contributed by atoms with Crippen molar-refractivity contribution in [3.05, 3.63) is 0 Å². The lowest BCUT2D eigenvalue weighted by Crippen LogP contribution is -2.36. The molecule has 0 aliphatic heterocycles. The van der Waals surface area contributed by atoms with Crippen molar-refractivity contribution >= 4 is 11.8 Å². The molecule has 0 spiro atoms. The molecule has 0 aromatic heterocycles. The van der Waals surface area contributed by atoms with Crippen LogP contribution >= 0.6 is 11.8 Å². The van der Waals surface area contributed by atoms with Crippen LogP contribution in [0.5, 0.6) is 0 Å². The van der Waals surface area contributed by atoms with Gasteiger partial charge in [-0.3, -0.25) is 0 Å². The largest absolute Gasteiger partial charge is 0.314 e. The van der Waals surface area contributed by atoms with Crippen LogP contribution in [0, 0.1) is 11.8 Å². The zero-order valence-electron chi connectivity index (χ0n) is 11.3. The summed E-state index contributed by atoms with van der Waals surface area (Å²) < 4.78 is 0. The van der Waals surface area contributed by atoms with E-state index in [1.807, 2.05) is 11.8 Å². The van der Waals surface area contributed by atoms with Crippen molar-refractivity contribution in [2.75, 3.05) is 18.6 Å². The van der Waals surface area contributed by atoms with E-state index in [1.54, 1.807) is 0 Å². The zero-order valence-corrected chi connectivity index (χ0v) is 12.1. The Kier molecular flexibility index (Phi) is 7.55. The molecule has 16 heavy (non-hydrogen) atoms. The van der Waals surface area contributed by atoms with Crippen LogP contribution in [0.2, 0.25) is 0 Å². The molecule has 3 atom stereocenters. The highest BCUT2D eigenvalue weighted by atomic mass is 32.2. The van der Waals surface area contributed by atoms with Gasteiger partial charge >= 0.3 is 0 Å². The average Bonchev–Trinajstić information content (AvgIpc) is 2.28. The molecule has 1 fully saturated rings. The molecule has 1 aliphatic carbocycles. The predicted octanol–water partition coefficient (Wildman–Crippen LogP) is 3.93. The van der Waals surface area contributed by atoms with E-state index in [4.69, 9.17) is 0 Å². The minimum atomic E-state index is 0.812. The van der Waals surface area contributed by atoms with Crippen LogP contribution in [-0.4, -0.2) is 24.6 Å². The molecule has 0 heterocycles. The van der Waals surface area contributed by atoms with E-state index in [0.29, 0.717) is 0 Å². The van der Waals surface area contributed by atoms with Gasteiger partial charge in [0.15, 0.2) is 0 Å². The third-order valence-electron chi connectivity index (χ3n) is 4.06. The number of nitrogens with one attached hydrogen (secondary N) is 1. The maximum Gasteiger partial charge on any atom is 0.00698 e. The average molecular weight is 243 g/mol. The summed E-state index contributed by atoms with van der Waals surface area (Å²) in [5.41, 5.74) is 0. The minimum Gasteiger partial charge on any atom is -0.314 e. The number of rotatable bonds is 7. The van der Waals surface area contributed by atoms with Crippen molar-refractivity contribution in [1.82, 2.24) is 5.32 Å². The maximum atomic E-state index is 3.74. The van der Waals surface area contributed by atoms with Gasteiger partial charge in [0.2, 0.25) is 0 Å². The van der Waals surface area contributed by atoms with E-state index in [9.17, 15) is 0 Å². The van der Waals surface area contributed by atoms with Gasteiger partial charge < -0.3 is 5.32 Å². The molecule has 1 nitrogen and oxygen atoms in total. The van der Waals surface area contributed by atoms with Crippen LogP contribution in [0.4, 0.5) is 0 Å². The summed E-state index contributed by atoms with van der Waals surface area (Å²) in [4.78, 5) is 0. The highest BCUT2D eigenvalue weighted by molar-refractivity contribution is 7.98. The fourth-order valence-corrected chi connectivity index (χ4v) is 3.08. The lowest BCUT2D eigenvalue weighted by atomic mass is 9.79. The topological polar surface area (TPSA) is 12.0 Å². The first-order chi connectivity index (χ1) is 7.74. The van der Waals surface area contributed by atoms with Gasteiger partial charge in [-0.1, -0.05) is 20.3 Å². The molecule has 96 valence electrons. The van der Waals surface area contributed by atoms with Crippen LogP contribution < -0.4 is 5.32 Å². The van der Waals surface area contributed by atoms with Gasteiger partial charge in [0.05, 0.1) is 0 Å². The van der Waals surface area contributed by atoms with Crippen LogP contribution in [0.3, 0.4) is 0 Å². The van der Waals surface area contributed by atoms with Crippen LogP contribution in [0.15, 0.2) is 0 Å². The van der Waals surface area contributed by atoms with Gasteiger partial charge in [0.1, 0.15) is 0 Å². The summed E-state index contributed by atoms with van der Waals surface area (Å²) in [6.07, 6.45) is 10.6. The smallest absolute Gasteiger partial charge is 0.00698 e. The molecule has 3 unspecified atom stereocenters. The van der Waals surface area contributed by atoms with Crippen molar-refractivity contribution in [3.8, 4) is 0 Å². The fourth-order valence-electron chi connectivity index (χ4n) is 2.59. The minimum absolute atomic E-state index is 0.812. The molecule has 2 heteroatoms. The Bertz CT molecular complexity index is 172. The Hall–Kier alpha value is 0.310. The molecular formula is C14H29NS. The summed E-state index contributed by atoms with van der Waals surface area (Å²) in [5, 5.41) is 3.74. The van der Waals surface area contributed by atoms with Crippen molar-refractivity contribution in [2.45, 2.75) is 58.4 Å². The molecule has 0 saturated heterocycles. The number of hydrogen-bond acceptors (Lipinski definition) is 2. The van der Waals surface area contributed by atoms with Gasteiger partial charge in [-0.15, -0.1) is 0 Å². The van der Waals surface area contributed by atoms with Gasteiger partial charge in [0, 0.05) is 6.04 Å². The first kappa shape index (κ1) is 14.4. The van der Waals surface area contributed by atoms with E-state index < -0.39 is 0 Å². The van der Waals surface area contributed by atoms with Crippen LogP contribution in [-0.2, 0) is 0 Å². The van der Waals surface area contributed by atoms with E-state index in [2.05, 4.69) is 25.4 Å². The molecule has 0 aromatic carbocycles. The quantitative estimate of drug-likeness (QED) is 0.680. The van der Waals surface area contributed by atoms with Crippen molar-refractivity contribution in [1.29, 1.82) is 0 Å². The lowest BCUT2D eigenvalue weighted by molar-refractivity contribution is 0.226. The van der Waals surface area contributed by atoms with E-state index in [-0.39, 0.29) is 0 Å². The molecule has 1 aliphatic rings. The first-order valence-electron chi connectivity index (χ1n) is 6.96. The summed E-state index contributed by atoms with van der Waals surface area (Å²) in [6, 6.07) is 0.812. The Balaban J connectivity index is 1.97. The normalized spacial score (nSPS) is 30.6. The van der Waals surface area contributed by atoms with E-state index in [0.717, 1.165) is 17.9 Å². The predicted molar refractivity (Wildman–Crippen MR) is 76.2 cm³/mol. The molecular weight excluding hydrogens is 214 g/mol. The Morgan fingerprint density at radius 1 is 1.06 bits per heavy atom. The van der Waals surface area contributed by atoms with Gasteiger partial charge in [-0.25, -0.2) is 0 Å². The van der Waals surface area contributed by atoms with Gasteiger partial charge in [0.25, 0.3) is 0 Å².